The molecule has 0 unspecified atom stereocenters. The largest absolute Gasteiger partial charge is 0.444 e. The van der Waals surface area contributed by atoms with E-state index in [1.807, 2.05) is 33.8 Å². The molecule has 0 radical (unpaired) electrons. The van der Waals surface area contributed by atoms with E-state index in [2.05, 4.69) is 20.2 Å². The van der Waals surface area contributed by atoms with Crippen molar-refractivity contribution in [2.45, 2.75) is 46.3 Å². The fraction of sp³-hybridized carbons (Fsp3) is 0.550. The van der Waals surface area contributed by atoms with Crippen molar-refractivity contribution in [3.63, 3.8) is 0 Å². The lowest BCUT2D eigenvalue weighted by molar-refractivity contribution is 0.0528. The number of benzene rings is 1. The molecule has 8 heteroatoms. The van der Waals surface area contributed by atoms with Gasteiger partial charge in [0.05, 0.1) is 17.6 Å². The first-order valence-corrected chi connectivity index (χ1v) is 9.48. The molecule has 0 bridgehead atoms. The van der Waals surface area contributed by atoms with Gasteiger partial charge >= 0.3 is 6.09 Å². The van der Waals surface area contributed by atoms with Crippen molar-refractivity contribution in [3.05, 3.63) is 29.6 Å². The maximum Gasteiger partial charge on any atom is 0.407 e. The number of fused-ring (bicyclic) bond motifs is 1. The van der Waals surface area contributed by atoms with E-state index < -0.39 is 11.7 Å². The van der Waals surface area contributed by atoms with Gasteiger partial charge < -0.3 is 24.7 Å². The number of aryl methyl sites for hydroxylation is 1. The molecule has 0 spiro atoms. The van der Waals surface area contributed by atoms with Gasteiger partial charge in [-0.2, -0.15) is 0 Å². The molecule has 28 heavy (non-hydrogen) atoms. The second-order valence-corrected chi connectivity index (χ2v) is 7.40. The van der Waals surface area contributed by atoms with Crippen molar-refractivity contribution in [1.29, 1.82) is 0 Å². The molecule has 0 saturated carbocycles. The molecule has 1 heterocycles. The third kappa shape index (κ3) is 5.95. The minimum atomic E-state index is -0.527. The number of methoxy groups -OCH3 is 1. The number of amides is 2. The minimum absolute atomic E-state index is 0.154. The Kier molecular flexibility index (Phi) is 7.39. The monoisotopic (exact) mass is 390 g/mol. The van der Waals surface area contributed by atoms with Gasteiger partial charge in [-0.3, -0.25) is 4.79 Å². The number of rotatable bonds is 8. The first-order chi connectivity index (χ1) is 13.2. The van der Waals surface area contributed by atoms with Crippen LogP contribution in [0, 0.1) is 0 Å². The number of hydrogen-bond acceptors (Lipinski definition) is 5. The molecule has 154 valence electrons. The van der Waals surface area contributed by atoms with Crippen molar-refractivity contribution in [1.82, 2.24) is 20.2 Å². The zero-order chi connectivity index (χ0) is 20.7. The molecule has 0 aliphatic rings. The highest BCUT2D eigenvalue weighted by Gasteiger charge is 2.17. The molecule has 0 fully saturated rings. The van der Waals surface area contributed by atoms with Gasteiger partial charge in [0.1, 0.15) is 11.4 Å². The maximum absolute atomic E-state index is 12.2. The number of carbonyl (C=O) groups excluding carboxylic acids is 2. The minimum Gasteiger partial charge on any atom is -0.444 e. The second kappa shape index (κ2) is 9.54. The summed E-state index contributed by atoms with van der Waals surface area (Å²) in [7, 11) is 1.59. The average Bonchev–Trinajstić information content (AvgIpc) is 2.96. The molecule has 0 aliphatic carbocycles. The summed E-state index contributed by atoms with van der Waals surface area (Å²) in [5.41, 5.74) is 1.75. The Morgan fingerprint density at radius 1 is 1.18 bits per heavy atom. The number of nitrogens with zero attached hydrogens (tertiary/aromatic N) is 2. The van der Waals surface area contributed by atoms with Crippen LogP contribution in [0.15, 0.2) is 18.2 Å². The van der Waals surface area contributed by atoms with E-state index in [4.69, 9.17) is 9.47 Å². The van der Waals surface area contributed by atoms with E-state index in [9.17, 15) is 9.59 Å². The van der Waals surface area contributed by atoms with E-state index in [-0.39, 0.29) is 5.91 Å². The van der Waals surface area contributed by atoms with Crippen molar-refractivity contribution in [2.75, 3.05) is 26.8 Å². The molecule has 2 amide bonds. The number of imidazole rings is 1. The number of hydrogen-bond donors (Lipinski definition) is 2. The zero-order valence-corrected chi connectivity index (χ0v) is 17.3. The molecule has 8 nitrogen and oxygen atoms in total. The Hall–Kier alpha value is -2.61. The van der Waals surface area contributed by atoms with E-state index in [0.29, 0.717) is 31.7 Å². The first-order valence-electron chi connectivity index (χ1n) is 9.48. The SMILES string of the molecule is CCn1c(CCNC(=O)OC(C)(C)C)nc2cc(C(=O)NCCOC)ccc21. The lowest BCUT2D eigenvalue weighted by Crippen LogP contribution is -2.33. The van der Waals surface area contributed by atoms with E-state index in [1.165, 1.54) is 0 Å². The number of ether oxygens (including phenoxy) is 2. The summed E-state index contributed by atoms with van der Waals surface area (Å²) < 4.78 is 12.3. The van der Waals surface area contributed by atoms with Crippen LogP contribution in [0.3, 0.4) is 0 Å². The Bertz CT molecular complexity index is 823. The van der Waals surface area contributed by atoms with Crippen molar-refractivity contribution >= 4 is 23.0 Å². The van der Waals surface area contributed by atoms with Crippen LogP contribution in [-0.4, -0.2) is 54.0 Å². The lowest BCUT2D eigenvalue weighted by Gasteiger charge is -2.19. The molecule has 0 atom stereocenters. The molecule has 1 aromatic carbocycles. The van der Waals surface area contributed by atoms with Crippen LogP contribution < -0.4 is 10.6 Å². The molecular formula is C20H30N4O4. The topological polar surface area (TPSA) is 94.5 Å². The van der Waals surface area contributed by atoms with Crippen molar-refractivity contribution < 1.29 is 19.1 Å². The van der Waals surface area contributed by atoms with Gasteiger partial charge in [-0.05, 0) is 45.9 Å². The molecule has 0 aliphatic heterocycles. The highest BCUT2D eigenvalue weighted by atomic mass is 16.6. The third-order valence-corrected chi connectivity index (χ3v) is 4.01. The average molecular weight is 390 g/mol. The molecule has 0 saturated heterocycles. The van der Waals surface area contributed by atoms with Crippen LogP contribution in [-0.2, 0) is 22.4 Å². The number of alkyl carbamates (subject to hydrolysis) is 1. The summed E-state index contributed by atoms with van der Waals surface area (Å²) in [6.45, 7) is 9.60. The molecule has 2 rings (SSSR count). The Balaban J connectivity index is 2.07. The van der Waals surface area contributed by atoms with E-state index >= 15 is 0 Å². The molecule has 2 aromatic rings. The van der Waals surface area contributed by atoms with Crippen molar-refractivity contribution in [2.24, 2.45) is 0 Å². The smallest absolute Gasteiger partial charge is 0.407 e. The lowest BCUT2D eigenvalue weighted by atomic mass is 10.2. The van der Waals surface area contributed by atoms with Gasteiger partial charge in [0.25, 0.3) is 5.91 Å². The summed E-state index contributed by atoms with van der Waals surface area (Å²) in [6.07, 6.45) is 0.124. The first kappa shape index (κ1) is 21.7. The number of aromatic nitrogens is 2. The normalized spacial score (nSPS) is 11.5. The summed E-state index contributed by atoms with van der Waals surface area (Å²) in [6, 6.07) is 5.48. The highest BCUT2D eigenvalue weighted by Crippen LogP contribution is 2.18. The van der Waals surface area contributed by atoms with Gasteiger partial charge in [0.15, 0.2) is 0 Å². The quantitative estimate of drug-likeness (QED) is 0.676. The van der Waals surface area contributed by atoms with E-state index in [1.54, 1.807) is 19.2 Å². The Morgan fingerprint density at radius 3 is 2.57 bits per heavy atom. The van der Waals surface area contributed by atoms with Crippen LogP contribution >= 0.6 is 0 Å². The van der Waals surface area contributed by atoms with Crippen LogP contribution in [0.2, 0.25) is 0 Å². The third-order valence-electron chi connectivity index (χ3n) is 4.01. The Morgan fingerprint density at radius 2 is 1.93 bits per heavy atom. The Labute approximate surface area is 165 Å². The number of nitrogens with one attached hydrogen (secondary N) is 2. The predicted octanol–water partition coefficient (Wildman–Crippen LogP) is 2.50. The summed E-state index contributed by atoms with van der Waals surface area (Å²) >= 11 is 0. The van der Waals surface area contributed by atoms with Gasteiger partial charge in [-0.15, -0.1) is 0 Å². The molecule has 2 N–H and O–H groups in total. The van der Waals surface area contributed by atoms with Gasteiger partial charge in [-0.25, -0.2) is 9.78 Å². The van der Waals surface area contributed by atoms with Gasteiger partial charge in [0.2, 0.25) is 0 Å². The van der Waals surface area contributed by atoms with Crippen LogP contribution in [0.25, 0.3) is 11.0 Å². The number of carbonyl (C=O) groups is 2. The predicted molar refractivity (Wildman–Crippen MR) is 108 cm³/mol. The highest BCUT2D eigenvalue weighted by molar-refractivity contribution is 5.97. The molecular weight excluding hydrogens is 360 g/mol. The summed E-state index contributed by atoms with van der Waals surface area (Å²) in [5, 5.41) is 5.56. The van der Waals surface area contributed by atoms with E-state index in [0.717, 1.165) is 23.4 Å². The molecule has 1 aromatic heterocycles. The second-order valence-electron chi connectivity index (χ2n) is 7.40. The van der Waals surface area contributed by atoms with Crippen LogP contribution in [0.1, 0.15) is 43.9 Å². The summed E-state index contributed by atoms with van der Waals surface area (Å²) in [5.74, 6) is 0.698. The van der Waals surface area contributed by atoms with Gasteiger partial charge in [-0.1, -0.05) is 0 Å². The van der Waals surface area contributed by atoms with Crippen LogP contribution in [0.5, 0.6) is 0 Å². The van der Waals surface area contributed by atoms with Gasteiger partial charge in [0, 0.05) is 38.7 Å². The van der Waals surface area contributed by atoms with Crippen molar-refractivity contribution in [3.8, 4) is 0 Å². The maximum atomic E-state index is 12.2. The standard InChI is InChI=1S/C20H30N4O4/c1-6-24-16-8-7-14(18(25)21-11-12-27-5)13-15(16)23-17(24)9-10-22-19(26)28-20(2,3)4/h7-8,13H,6,9-12H2,1-5H3,(H,21,25)(H,22,26). The van der Waals surface area contributed by atoms with Crippen LogP contribution in [0.4, 0.5) is 4.79 Å². The fourth-order valence-corrected chi connectivity index (χ4v) is 2.82. The fourth-order valence-electron chi connectivity index (χ4n) is 2.82. The summed E-state index contributed by atoms with van der Waals surface area (Å²) in [4.78, 5) is 28.7. The zero-order valence-electron chi connectivity index (χ0n) is 17.3.